The smallest absolute Gasteiger partial charge is 0.335 e. The summed E-state index contributed by atoms with van der Waals surface area (Å²) < 4.78 is 5.45. The normalized spacial score (nSPS) is 22.3. The second-order valence-electron chi connectivity index (χ2n) is 5.28. The van der Waals surface area contributed by atoms with Crippen molar-refractivity contribution in [2.75, 3.05) is 13.2 Å². The number of amides is 2. The number of rotatable bonds is 3. The van der Waals surface area contributed by atoms with E-state index in [4.69, 9.17) is 16.3 Å². The summed E-state index contributed by atoms with van der Waals surface area (Å²) in [5.74, 6) is 0. The summed E-state index contributed by atoms with van der Waals surface area (Å²) in [5, 5.41) is 7.75. The first-order valence-corrected chi connectivity index (χ1v) is 7.61. The van der Waals surface area contributed by atoms with E-state index < -0.39 is 0 Å². The van der Waals surface area contributed by atoms with Gasteiger partial charge in [0.2, 0.25) is 0 Å². The van der Waals surface area contributed by atoms with Gasteiger partial charge in [0.15, 0.2) is 0 Å². The molecule has 0 aromatic heterocycles. The highest BCUT2D eigenvalue weighted by Crippen LogP contribution is 2.28. The van der Waals surface area contributed by atoms with Gasteiger partial charge in [-0.2, -0.15) is 5.10 Å². The van der Waals surface area contributed by atoms with Crippen molar-refractivity contribution in [2.45, 2.75) is 31.8 Å². The number of nitrogens with zero attached hydrogens (tertiary/aromatic N) is 1. The Morgan fingerprint density at radius 1 is 1.43 bits per heavy atom. The van der Waals surface area contributed by atoms with Gasteiger partial charge in [0.05, 0.1) is 11.8 Å². The molecule has 1 aromatic rings. The number of ether oxygens (including phenoxy) is 1. The molecule has 0 spiro atoms. The van der Waals surface area contributed by atoms with Gasteiger partial charge in [-0.1, -0.05) is 23.7 Å². The Morgan fingerprint density at radius 2 is 2.33 bits per heavy atom. The molecule has 5 nitrogen and oxygen atoms in total. The fraction of sp³-hybridized carbons (Fsp3) is 0.467. The maximum Gasteiger partial charge on any atom is 0.335 e. The lowest BCUT2D eigenvalue weighted by atomic mass is 10.1. The summed E-state index contributed by atoms with van der Waals surface area (Å²) >= 11 is 6.15. The van der Waals surface area contributed by atoms with Crippen LogP contribution in [0.4, 0.5) is 4.79 Å². The zero-order valence-corrected chi connectivity index (χ0v) is 12.4. The lowest BCUT2D eigenvalue weighted by Crippen LogP contribution is -2.37. The molecule has 2 N–H and O–H groups in total. The summed E-state index contributed by atoms with van der Waals surface area (Å²) in [7, 11) is 0. The zero-order valence-electron chi connectivity index (χ0n) is 11.7. The van der Waals surface area contributed by atoms with Gasteiger partial charge in [-0.3, -0.25) is 0 Å². The van der Waals surface area contributed by atoms with Crippen LogP contribution in [0, 0.1) is 0 Å². The number of urea groups is 1. The second-order valence-corrected chi connectivity index (χ2v) is 5.69. The largest absolute Gasteiger partial charge is 0.376 e. The van der Waals surface area contributed by atoms with Crippen molar-refractivity contribution in [3.05, 3.63) is 34.3 Å². The van der Waals surface area contributed by atoms with Crippen LogP contribution in [0.2, 0.25) is 5.02 Å². The Labute approximate surface area is 128 Å². The van der Waals surface area contributed by atoms with E-state index in [-0.39, 0.29) is 12.1 Å². The van der Waals surface area contributed by atoms with E-state index in [1.165, 1.54) is 0 Å². The van der Waals surface area contributed by atoms with Gasteiger partial charge in [0.25, 0.3) is 0 Å². The zero-order chi connectivity index (χ0) is 14.7. The fourth-order valence-electron chi connectivity index (χ4n) is 2.75. The van der Waals surface area contributed by atoms with Crippen molar-refractivity contribution < 1.29 is 9.53 Å². The van der Waals surface area contributed by atoms with E-state index in [1.54, 1.807) is 0 Å². The van der Waals surface area contributed by atoms with Gasteiger partial charge in [0.1, 0.15) is 0 Å². The Kier molecular flexibility index (Phi) is 4.41. The number of nitrogens with one attached hydrogen (secondary N) is 2. The molecule has 1 aliphatic heterocycles. The average Bonchev–Trinajstić information content (AvgIpc) is 3.13. The van der Waals surface area contributed by atoms with E-state index in [0.717, 1.165) is 54.2 Å². The molecule has 1 heterocycles. The Bertz CT molecular complexity index is 568. The first-order chi connectivity index (χ1) is 10.2. The highest BCUT2D eigenvalue weighted by atomic mass is 35.5. The number of fused-ring (bicyclic) bond motifs is 1. The maximum absolute atomic E-state index is 11.7. The van der Waals surface area contributed by atoms with E-state index in [0.29, 0.717) is 6.54 Å². The molecular weight excluding hydrogens is 290 g/mol. The predicted molar refractivity (Wildman–Crippen MR) is 81.8 cm³/mol. The van der Waals surface area contributed by atoms with Crippen molar-refractivity contribution in [2.24, 2.45) is 5.10 Å². The Balaban J connectivity index is 1.55. The molecular formula is C15H18ClN3O2. The molecule has 1 aromatic carbocycles. The van der Waals surface area contributed by atoms with Gasteiger partial charge in [-0.25, -0.2) is 10.2 Å². The summed E-state index contributed by atoms with van der Waals surface area (Å²) in [6, 6.07) is 5.47. The molecule has 1 saturated heterocycles. The van der Waals surface area contributed by atoms with E-state index in [9.17, 15) is 4.79 Å². The van der Waals surface area contributed by atoms with Crippen LogP contribution in [0.25, 0.3) is 0 Å². The molecule has 0 saturated carbocycles. The minimum atomic E-state index is -0.298. The highest BCUT2D eigenvalue weighted by Gasteiger charge is 2.20. The average molecular weight is 308 g/mol. The van der Waals surface area contributed by atoms with Gasteiger partial charge >= 0.3 is 6.03 Å². The number of carbonyl (C=O) groups is 1. The number of benzene rings is 1. The SMILES string of the molecule is O=C(NCC1CCCO1)NN=C1CCc2c(Cl)cccc21. The van der Waals surface area contributed by atoms with Gasteiger partial charge in [-0.05, 0) is 37.3 Å². The number of carbonyl (C=O) groups excluding carboxylic acids is 1. The first-order valence-electron chi connectivity index (χ1n) is 7.24. The third-order valence-electron chi connectivity index (χ3n) is 3.85. The highest BCUT2D eigenvalue weighted by molar-refractivity contribution is 6.32. The molecule has 0 radical (unpaired) electrons. The van der Waals surface area contributed by atoms with Crippen LogP contribution in [0.15, 0.2) is 23.3 Å². The van der Waals surface area contributed by atoms with Crippen molar-refractivity contribution in [1.29, 1.82) is 0 Å². The van der Waals surface area contributed by atoms with Crippen LogP contribution < -0.4 is 10.7 Å². The van der Waals surface area contributed by atoms with Crippen molar-refractivity contribution in [3.63, 3.8) is 0 Å². The number of hydrazone groups is 1. The number of halogens is 1. The summed E-state index contributed by atoms with van der Waals surface area (Å²) in [4.78, 5) is 11.7. The molecule has 1 atom stereocenters. The van der Waals surface area contributed by atoms with Crippen molar-refractivity contribution >= 4 is 23.3 Å². The Morgan fingerprint density at radius 3 is 3.14 bits per heavy atom. The van der Waals surface area contributed by atoms with Gasteiger partial charge in [0, 0.05) is 23.7 Å². The topological polar surface area (TPSA) is 62.7 Å². The third-order valence-corrected chi connectivity index (χ3v) is 4.20. The van der Waals surface area contributed by atoms with Crippen molar-refractivity contribution in [3.8, 4) is 0 Å². The van der Waals surface area contributed by atoms with Crippen LogP contribution in [-0.2, 0) is 11.2 Å². The van der Waals surface area contributed by atoms with Crippen LogP contribution in [-0.4, -0.2) is 31.0 Å². The molecule has 2 amide bonds. The van der Waals surface area contributed by atoms with Gasteiger partial charge < -0.3 is 10.1 Å². The molecule has 3 rings (SSSR count). The molecule has 0 bridgehead atoms. The van der Waals surface area contributed by atoms with E-state index in [2.05, 4.69) is 15.8 Å². The van der Waals surface area contributed by atoms with Gasteiger partial charge in [-0.15, -0.1) is 0 Å². The van der Waals surface area contributed by atoms with Crippen molar-refractivity contribution in [1.82, 2.24) is 10.7 Å². The third kappa shape index (κ3) is 3.36. The Hall–Kier alpha value is -1.59. The summed E-state index contributed by atoms with van der Waals surface area (Å²) in [5.41, 5.74) is 5.56. The maximum atomic E-state index is 11.7. The lowest BCUT2D eigenvalue weighted by Gasteiger charge is -2.10. The van der Waals surface area contributed by atoms with Crippen LogP contribution in [0.5, 0.6) is 0 Å². The van der Waals surface area contributed by atoms with Crippen LogP contribution >= 0.6 is 11.6 Å². The molecule has 1 aliphatic carbocycles. The number of hydrogen-bond acceptors (Lipinski definition) is 3. The van der Waals surface area contributed by atoms with Crippen LogP contribution in [0.3, 0.4) is 0 Å². The minimum Gasteiger partial charge on any atom is -0.376 e. The second kappa shape index (κ2) is 6.45. The predicted octanol–water partition coefficient (Wildman–Crippen LogP) is 2.47. The molecule has 21 heavy (non-hydrogen) atoms. The molecule has 112 valence electrons. The molecule has 6 heteroatoms. The summed E-state index contributed by atoms with van der Waals surface area (Å²) in [6.07, 6.45) is 3.86. The van der Waals surface area contributed by atoms with E-state index in [1.807, 2.05) is 18.2 Å². The quantitative estimate of drug-likeness (QED) is 0.843. The summed E-state index contributed by atoms with van der Waals surface area (Å²) in [6.45, 7) is 1.31. The fourth-order valence-corrected chi connectivity index (χ4v) is 3.02. The number of hydrogen-bond donors (Lipinski definition) is 2. The lowest BCUT2D eigenvalue weighted by molar-refractivity contribution is 0.111. The molecule has 2 aliphatic rings. The molecule has 1 fully saturated rings. The monoisotopic (exact) mass is 307 g/mol. The first kappa shape index (κ1) is 14.4. The standard InChI is InChI=1S/C15H18ClN3O2/c16-13-5-1-4-12-11(13)6-7-14(12)18-19-15(20)17-9-10-3-2-8-21-10/h1,4-5,10H,2-3,6-9H2,(H2,17,19,20). The molecule has 1 unspecified atom stereocenters. The minimum absolute atomic E-state index is 0.134. The van der Waals surface area contributed by atoms with E-state index >= 15 is 0 Å². The van der Waals surface area contributed by atoms with Crippen LogP contribution in [0.1, 0.15) is 30.4 Å².